The Morgan fingerprint density at radius 3 is 2.28 bits per heavy atom. The third-order valence-electron chi connectivity index (χ3n) is 6.34. The van der Waals surface area contributed by atoms with Crippen LogP contribution < -0.4 is 9.47 Å². The Hall–Kier alpha value is -2.88. The van der Waals surface area contributed by atoms with Crippen LogP contribution in [0.1, 0.15) is 11.5 Å². The van der Waals surface area contributed by atoms with E-state index in [0.717, 1.165) is 0 Å². The monoisotopic (exact) mass is 448 g/mol. The number of hydrogen-bond acceptors (Lipinski definition) is 9. The Morgan fingerprint density at radius 2 is 1.72 bits per heavy atom. The molecule has 2 N–H and O–H groups in total. The van der Waals surface area contributed by atoms with E-state index in [2.05, 4.69) is 4.74 Å². The first kappa shape index (κ1) is 23.8. The number of hydrogen-bond donors (Lipinski definition) is 2. The molecule has 6 atom stereocenters. The summed E-state index contributed by atoms with van der Waals surface area (Å²) in [7, 11) is 6.77. The van der Waals surface area contributed by atoms with Gasteiger partial charge in [0.25, 0.3) is 0 Å². The zero-order valence-corrected chi connectivity index (χ0v) is 18.6. The smallest absolute Gasteiger partial charge is 0.330 e. The van der Waals surface area contributed by atoms with Crippen molar-refractivity contribution in [2.45, 2.75) is 17.8 Å². The third-order valence-corrected chi connectivity index (χ3v) is 6.34. The van der Waals surface area contributed by atoms with E-state index >= 15 is 0 Å². The summed E-state index contributed by atoms with van der Waals surface area (Å²) in [5.41, 5.74) is 1.15. The number of carbonyl (C=O) groups excluding carboxylic acids is 2. The van der Waals surface area contributed by atoms with Crippen LogP contribution in [0.2, 0.25) is 0 Å². The highest BCUT2D eigenvalue weighted by molar-refractivity contribution is 5.83. The summed E-state index contributed by atoms with van der Waals surface area (Å²) in [5.74, 6) is -5.50. The number of aliphatic hydroxyl groups excluding tert-OH is 1. The second-order valence-corrected chi connectivity index (χ2v) is 7.67. The van der Waals surface area contributed by atoms with Crippen molar-refractivity contribution < 1.29 is 43.5 Å². The van der Waals surface area contributed by atoms with Crippen molar-refractivity contribution in [1.29, 1.82) is 0 Å². The number of aliphatic hydroxyl groups is 2. The van der Waals surface area contributed by atoms with E-state index in [0.29, 0.717) is 22.6 Å². The Balaban J connectivity index is 2.20. The van der Waals surface area contributed by atoms with E-state index in [1.54, 1.807) is 24.3 Å². The van der Waals surface area contributed by atoms with Gasteiger partial charge in [-0.2, -0.15) is 0 Å². The van der Waals surface area contributed by atoms with Crippen LogP contribution in [0, 0.1) is 17.8 Å². The number of benzene rings is 1. The van der Waals surface area contributed by atoms with Gasteiger partial charge in [0.1, 0.15) is 6.10 Å². The fraction of sp³-hybridized carbons (Fsp3) is 0.478. The molecule has 3 aliphatic carbocycles. The van der Waals surface area contributed by atoms with E-state index in [4.69, 9.17) is 18.9 Å². The van der Waals surface area contributed by atoms with Crippen molar-refractivity contribution in [3.8, 4) is 11.5 Å². The van der Waals surface area contributed by atoms with E-state index in [1.807, 2.05) is 0 Å². The minimum Gasteiger partial charge on any atom is -0.493 e. The molecular weight excluding hydrogens is 420 g/mol. The summed E-state index contributed by atoms with van der Waals surface area (Å²) < 4.78 is 25.8. The molecule has 0 heterocycles. The van der Waals surface area contributed by atoms with Gasteiger partial charge in [-0.25, -0.2) is 4.79 Å². The summed E-state index contributed by atoms with van der Waals surface area (Å²) in [4.78, 5) is 24.6. The molecule has 1 saturated carbocycles. The SMILES string of the molecule is COC(=O)/C=C/C1=CC2C(c3ccc(OC)c(OC)c3)C(C(=O)OC)C1C(O)(OC)C2O. The highest BCUT2D eigenvalue weighted by atomic mass is 16.6. The zero-order valence-electron chi connectivity index (χ0n) is 18.6. The molecule has 2 bridgehead atoms. The molecule has 6 unspecified atom stereocenters. The molecule has 9 heteroatoms. The molecule has 1 fully saturated rings. The molecule has 4 rings (SSSR count). The minimum atomic E-state index is -2.07. The second kappa shape index (κ2) is 9.32. The van der Waals surface area contributed by atoms with Gasteiger partial charge in [-0.15, -0.1) is 0 Å². The molecule has 0 amide bonds. The van der Waals surface area contributed by atoms with Crippen LogP contribution in [0.15, 0.2) is 42.0 Å². The standard InChI is InChI=1S/C23H28O9/c1-28-15-8-6-12(11-16(15)29-2)18-14-10-13(7-9-17(24)30-3)20(19(18)22(26)31-4)23(27,32-5)21(14)25/h6-11,14,18-21,25,27H,1-5H3/b9-7+. The Morgan fingerprint density at radius 1 is 1.03 bits per heavy atom. The number of fused-ring (bicyclic) bond motifs is 2. The molecule has 32 heavy (non-hydrogen) atoms. The lowest BCUT2D eigenvalue weighted by Gasteiger charge is -2.56. The van der Waals surface area contributed by atoms with Gasteiger partial charge in [-0.05, 0) is 23.3 Å². The summed E-state index contributed by atoms with van der Waals surface area (Å²) in [6.45, 7) is 0. The quantitative estimate of drug-likeness (QED) is 0.360. The Kier molecular flexibility index (Phi) is 6.92. The molecule has 0 radical (unpaired) electrons. The number of ether oxygens (including phenoxy) is 5. The first-order chi connectivity index (χ1) is 15.3. The normalized spacial score (nSPS) is 31.2. The van der Waals surface area contributed by atoms with Crippen molar-refractivity contribution in [3.63, 3.8) is 0 Å². The molecular formula is C23H28O9. The van der Waals surface area contributed by atoms with Crippen LogP contribution in [0.3, 0.4) is 0 Å². The van der Waals surface area contributed by atoms with Crippen LogP contribution in [-0.2, 0) is 23.8 Å². The van der Waals surface area contributed by atoms with Gasteiger partial charge >= 0.3 is 11.9 Å². The van der Waals surface area contributed by atoms with Crippen molar-refractivity contribution in [3.05, 3.63) is 47.6 Å². The first-order valence-electron chi connectivity index (χ1n) is 10.00. The maximum absolute atomic E-state index is 13.0. The average molecular weight is 448 g/mol. The number of allylic oxidation sites excluding steroid dienone is 1. The van der Waals surface area contributed by atoms with E-state index < -0.39 is 47.5 Å². The summed E-state index contributed by atoms with van der Waals surface area (Å²) in [5, 5.41) is 22.3. The maximum Gasteiger partial charge on any atom is 0.330 e. The van der Waals surface area contributed by atoms with Crippen LogP contribution >= 0.6 is 0 Å². The van der Waals surface area contributed by atoms with Gasteiger partial charge in [0.05, 0.1) is 40.3 Å². The Labute approximate surface area is 186 Å². The topological polar surface area (TPSA) is 121 Å². The first-order valence-corrected chi connectivity index (χ1v) is 10.00. The van der Waals surface area contributed by atoms with E-state index in [-0.39, 0.29) is 0 Å². The third kappa shape index (κ3) is 3.76. The molecule has 9 nitrogen and oxygen atoms in total. The number of carbonyl (C=O) groups is 2. The summed E-state index contributed by atoms with van der Waals surface area (Å²) in [6, 6.07) is 5.22. The van der Waals surface area contributed by atoms with Gasteiger partial charge in [0.2, 0.25) is 0 Å². The second-order valence-electron chi connectivity index (χ2n) is 7.67. The summed E-state index contributed by atoms with van der Waals surface area (Å²) in [6.07, 6.45) is 3.05. The van der Waals surface area contributed by atoms with Crippen LogP contribution in [0.4, 0.5) is 0 Å². The molecule has 0 aliphatic heterocycles. The molecule has 1 aromatic rings. The van der Waals surface area contributed by atoms with Crippen LogP contribution in [-0.4, -0.2) is 69.6 Å². The van der Waals surface area contributed by atoms with Crippen molar-refractivity contribution in [2.75, 3.05) is 35.5 Å². The van der Waals surface area contributed by atoms with Gasteiger partial charge in [-0.3, -0.25) is 4.79 Å². The Bertz CT molecular complexity index is 937. The minimum absolute atomic E-state index is 0.460. The lowest BCUT2D eigenvalue weighted by atomic mass is 9.53. The van der Waals surface area contributed by atoms with E-state index in [9.17, 15) is 19.8 Å². The average Bonchev–Trinajstić information content (AvgIpc) is 2.83. The van der Waals surface area contributed by atoms with Gasteiger partial charge in [-0.1, -0.05) is 18.2 Å². The fourth-order valence-electron chi connectivity index (χ4n) is 4.87. The molecule has 1 aromatic carbocycles. The van der Waals surface area contributed by atoms with Gasteiger partial charge in [0.15, 0.2) is 17.3 Å². The van der Waals surface area contributed by atoms with Crippen molar-refractivity contribution in [2.24, 2.45) is 17.8 Å². The number of methoxy groups -OCH3 is 5. The van der Waals surface area contributed by atoms with E-state index in [1.165, 1.54) is 47.7 Å². The highest BCUT2D eigenvalue weighted by Crippen LogP contribution is 2.58. The van der Waals surface area contributed by atoms with Crippen LogP contribution in [0.25, 0.3) is 0 Å². The molecule has 0 saturated heterocycles. The number of rotatable bonds is 7. The summed E-state index contributed by atoms with van der Waals surface area (Å²) >= 11 is 0. The largest absolute Gasteiger partial charge is 0.493 e. The number of esters is 2. The predicted molar refractivity (Wildman–Crippen MR) is 112 cm³/mol. The molecule has 3 aliphatic rings. The fourth-order valence-corrected chi connectivity index (χ4v) is 4.87. The van der Waals surface area contributed by atoms with Crippen molar-refractivity contribution >= 4 is 11.9 Å². The van der Waals surface area contributed by atoms with Crippen LogP contribution in [0.5, 0.6) is 11.5 Å². The molecule has 174 valence electrons. The molecule has 0 spiro atoms. The lowest BCUT2D eigenvalue weighted by Crippen LogP contribution is -2.66. The molecule has 0 aromatic heterocycles. The van der Waals surface area contributed by atoms with Gasteiger partial charge < -0.3 is 33.9 Å². The predicted octanol–water partition coefficient (Wildman–Crippen LogP) is 1.19. The lowest BCUT2D eigenvalue weighted by molar-refractivity contribution is -0.305. The highest BCUT2D eigenvalue weighted by Gasteiger charge is 2.64. The van der Waals surface area contributed by atoms with Gasteiger partial charge in [0, 0.05) is 25.0 Å². The van der Waals surface area contributed by atoms with Crippen molar-refractivity contribution in [1.82, 2.24) is 0 Å². The zero-order chi connectivity index (χ0) is 23.6. The maximum atomic E-state index is 13.0.